The number of nitrogens with zero attached hydrogens (tertiary/aromatic N) is 1. The molecular formula is C16H24F2N2O3S. The molecule has 0 saturated carbocycles. The van der Waals surface area contributed by atoms with Crippen LogP contribution >= 0.6 is 0 Å². The predicted octanol–water partition coefficient (Wildman–Crippen LogP) is 2.53. The van der Waals surface area contributed by atoms with Gasteiger partial charge in [-0.05, 0) is 24.0 Å². The molecule has 0 fully saturated rings. The van der Waals surface area contributed by atoms with Crippen molar-refractivity contribution < 1.29 is 22.0 Å². The molecular weight excluding hydrogens is 338 g/mol. The van der Waals surface area contributed by atoms with Crippen molar-refractivity contribution >= 4 is 21.6 Å². The first-order valence-electron chi connectivity index (χ1n) is 7.65. The molecule has 0 aromatic heterocycles. The molecule has 136 valence electrons. The molecule has 0 aliphatic heterocycles. The SMILES string of the molecule is CC(C)C(NC(=O)CN(c1ccc(F)c(F)c1)S(C)(=O)=O)C(C)C. The van der Waals surface area contributed by atoms with Gasteiger partial charge in [-0.2, -0.15) is 0 Å². The number of carbonyl (C=O) groups excluding carboxylic acids is 1. The minimum Gasteiger partial charge on any atom is -0.351 e. The minimum atomic E-state index is -3.84. The number of halogens is 2. The summed E-state index contributed by atoms with van der Waals surface area (Å²) in [6.45, 7) is 7.31. The zero-order valence-electron chi connectivity index (χ0n) is 14.5. The zero-order chi connectivity index (χ0) is 18.7. The third-order valence-electron chi connectivity index (χ3n) is 3.64. The molecule has 1 aromatic rings. The Labute approximate surface area is 142 Å². The average molecular weight is 362 g/mol. The number of benzene rings is 1. The Kier molecular flexibility index (Phi) is 6.71. The standard InChI is InChI=1S/C16H24F2N2O3S/c1-10(2)16(11(3)4)19-15(21)9-20(24(5,22)23)12-6-7-13(17)14(18)8-12/h6-8,10-11,16H,9H2,1-5H3,(H,19,21). The normalized spacial score (nSPS) is 12.1. The van der Waals surface area contributed by atoms with E-state index in [-0.39, 0.29) is 23.6 Å². The number of hydrogen-bond acceptors (Lipinski definition) is 3. The molecule has 0 saturated heterocycles. The number of amides is 1. The van der Waals surface area contributed by atoms with Crippen molar-refractivity contribution in [3.8, 4) is 0 Å². The van der Waals surface area contributed by atoms with Gasteiger partial charge in [-0.3, -0.25) is 9.10 Å². The Morgan fingerprint density at radius 1 is 1.12 bits per heavy atom. The third-order valence-corrected chi connectivity index (χ3v) is 4.78. The molecule has 1 rings (SSSR count). The summed E-state index contributed by atoms with van der Waals surface area (Å²) in [6.07, 6.45) is 0.907. The van der Waals surface area contributed by atoms with E-state index in [1.165, 1.54) is 0 Å². The molecule has 1 amide bonds. The monoisotopic (exact) mass is 362 g/mol. The van der Waals surface area contributed by atoms with Gasteiger partial charge in [-0.1, -0.05) is 27.7 Å². The van der Waals surface area contributed by atoms with Crippen molar-refractivity contribution in [1.82, 2.24) is 5.32 Å². The largest absolute Gasteiger partial charge is 0.351 e. The number of anilines is 1. The van der Waals surface area contributed by atoms with E-state index in [4.69, 9.17) is 0 Å². The molecule has 0 atom stereocenters. The van der Waals surface area contributed by atoms with Crippen LogP contribution in [0, 0.1) is 23.5 Å². The molecule has 1 aromatic carbocycles. The van der Waals surface area contributed by atoms with Gasteiger partial charge in [0.15, 0.2) is 11.6 Å². The first kappa shape index (κ1) is 20.3. The highest BCUT2D eigenvalue weighted by atomic mass is 32.2. The number of carbonyl (C=O) groups is 1. The Morgan fingerprint density at radius 3 is 2.08 bits per heavy atom. The number of rotatable bonds is 7. The van der Waals surface area contributed by atoms with Crippen LogP contribution < -0.4 is 9.62 Å². The fourth-order valence-corrected chi connectivity index (χ4v) is 3.35. The number of nitrogens with one attached hydrogen (secondary N) is 1. The van der Waals surface area contributed by atoms with Crippen LogP contribution in [-0.4, -0.2) is 33.2 Å². The lowest BCUT2D eigenvalue weighted by molar-refractivity contribution is -0.121. The van der Waals surface area contributed by atoms with Gasteiger partial charge in [-0.15, -0.1) is 0 Å². The second-order valence-electron chi connectivity index (χ2n) is 6.45. The van der Waals surface area contributed by atoms with Crippen molar-refractivity contribution in [2.45, 2.75) is 33.7 Å². The summed E-state index contributed by atoms with van der Waals surface area (Å²) in [5, 5.41) is 2.80. The van der Waals surface area contributed by atoms with Gasteiger partial charge >= 0.3 is 0 Å². The first-order chi connectivity index (χ1) is 10.9. The van der Waals surface area contributed by atoms with Crippen LogP contribution in [0.15, 0.2) is 18.2 Å². The number of hydrogen-bond donors (Lipinski definition) is 1. The molecule has 0 spiro atoms. The molecule has 1 N–H and O–H groups in total. The predicted molar refractivity (Wildman–Crippen MR) is 90.2 cm³/mol. The van der Waals surface area contributed by atoms with Crippen LogP contribution in [0.1, 0.15) is 27.7 Å². The zero-order valence-corrected chi connectivity index (χ0v) is 15.3. The second kappa shape index (κ2) is 7.92. The van der Waals surface area contributed by atoms with Crippen molar-refractivity contribution in [3.05, 3.63) is 29.8 Å². The van der Waals surface area contributed by atoms with E-state index in [1.807, 2.05) is 27.7 Å². The lowest BCUT2D eigenvalue weighted by Gasteiger charge is -2.28. The summed E-state index contributed by atoms with van der Waals surface area (Å²) >= 11 is 0. The molecule has 24 heavy (non-hydrogen) atoms. The maximum Gasteiger partial charge on any atom is 0.241 e. The summed E-state index contributed by atoms with van der Waals surface area (Å²) in [7, 11) is -3.84. The third kappa shape index (κ3) is 5.43. The van der Waals surface area contributed by atoms with Crippen molar-refractivity contribution in [2.24, 2.45) is 11.8 Å². The minimum absolute atomic E-state index is 0.0998. The van der Waals surface area contributed by atoms with Crippen LogP contribution in [0.5, 0.6) is 0 Å². The van der Waals surface area contributed by atoms with Crippen molar-refractivity contribution in [2.75, 3.05) is 17.1 Å². The molecule has 0 heterocycles. The summed E-state index contributed by atoms with van der Waals surface area (Å²) in [5.41, 5.74) is -0.0998. The van der Waals surface area contributed by atoms with E-state index in [0.717, 1.165) is 28.8 Å². The molecule has 8 heteroatoms. The van der Waals surface area contributed by atoms with Crippen LogP contribution in [0.3, 0.4) is 0 Å². The summed E-state index contributed by atoms with van der Waals surface area (Å²) in [4.78, 5) is 12.3. The molecule has 0 radical (unpaired) electrons. The van der Waals surface area contributed by atoms with E-state index in [0.29, 0.717) is 0 Å². The van der Waals surface area contributed by atoms with E-state index in [9.17, 15) is 22.0 Å². The molecule has 0 aliphatic carbocycles. The van der Waals surface area contributed by atoms with Gasteiger partial charge in [0.1, 0.15) is 6.54 Å². The molecule has 0 unspecified atom stereocenters. The molecule has 0 bridgehead atoms. The quantitative estimate of drug-likeness (QED) is 0.811. The summed E-state index contributed by atoms with van der Waals surface area (Å²) < 4.78 is 51.1. The molecule has 5 nitrogen and oxygen atoms in total. The highest BCUT2D eigenvalue weighted by Crippen LogP contribution is 2.20. The second-order valence-corrected chi connectivity index (χ2v) is 8.36. The van der Waals surface area contributed by atoms with Gasteiger partial charge < -0.3 is 5.32 Å². The van der Waals surface area contributed by atoms with Gasteiger partial charge in [-0.25, -0.2) is 17.2 Å². The smallest absolute Gasteiger partial charge is 0.241 e. The maximum absolute atomic E-state index is 13.4. The Bertz CT molecular complexity index is 683. The van der Waals surface area contributed by atoms with Gasteiger partial charge in [0.2, 0.25) is 15.9 Å². The van der Waals surface area contributed by atoms with Crippen molar-refractivity contribution in [3.63, 3.8) is 0 Å². The maximum atomic E-state index is 13.4. The number of sulfonamides is 1. The fraction of sp³-hybridized carbons (Fsp3) is 0.562. The van der Waals surface area contributed by atoms with Crippen LogP contribution in [0.4, 0.5) is 14.5 Å². The summed E-state index contributed by atoms with van der Waals surface area (Å²) in [5.74, 6) is -2.43. The van der Waals surface area contributed by atoms with Crippen molar-refractivity contribution in [1.29, 1.82) is 0 Å². The Morgan fingerprint density at radius 2 is 1.67 bits per heavy atom. The molecule has 0 aliphatic rings. The lowest BCUT2D eigenvalue weighted by atomic mass is 9.93. The van der Waals surface area contributed by atoms with E-state index >= 15 is 0 Å². The van der Waals surface area contributed by atoms with Gasteiger partial charge in [0.05, 0.1) is 11.9 Å². The van der Waals surface area contributed by atoms with Crippen LogP contribution in [0.25, 0.3) is 0 Å². The fourth-order valence-electron chi connectivity index (χ4n) is 2.51. The van der Waals surface area contributed by atoms with E-state index in [2.05, 4.69) is 5.32 Å². The topological polar surface area (TPSA) is 66.5 Å². The van der Waals surface area contributed by atoms with E-state index < -0.39 is 34.1 Å². The first-order valence-corrected chi connectivity index (χ1v) is 9.50. The average Bonchev–Trinajstić information content (AvgIpc) is 2.43. The lowest BCUT2D eigenvalue weighted by Crippen LogP contribution is -2.47. The van der Waals surface area contributed by atoms with E-state index in [1.54, 1.807) is 0 Å². The highest BCUT2D eigenvalue weighted by Gasteiger charge is 2.25. The van der Waals surface area contributed by atoms with Crippen LogP contribution in [0.2, 0.25) is 0 Å². The van der Waals surface area contributed by atoms with Gasteiger partial charge in [0.25, 0.3) is 0 Å². The van der Waals surface area contributed by atoms with Gasteiger partial charge in [0, 0.05) is 12.1 Å². The Hall–Kier alpha value is -1.70. The summed E-state index contributed by atoms with van der Waals surface area (Å²) in [6, 6.07) is 2.58. The Balaban J connectivity index is 3.03. The highest BCUT2D eigenvalue weighted by molar-refractivity contribution is 7.92. The van der Waals surface area contributed by atoms with Crippen LogP contribution in [-0.2, 0) is 14.8 Å².